The maximum absolute atomic E-state index is 6.28. The van der Waals surface area contributed by atoms with Crippen molar-refractivity contribution in [3.8, 4) is 11.6 Å². The van der Waals surface area contributed by atoms with Crippen LogP contribution in [0.4, 0.5) is 0 Å². The van der Waals surface area contributed by atoms with E-state index in [0.29, 0.717) is 32.5 Å². The number of nitrogens with zero attached hydrogens (tertiary/aromatic N) is 2. The van der Waals surface area contributed by atoms with Crippen LogP contribution in [0.15, 0.2) is 21.2 Å². The second kappa shape index (κ2) is 5.43. The first-order chi connectivity index (χ1) is 9.15. The second-order valence-corrected chi connectivity index (χ2v) is 6.13. The zero-order chi connectivity index (χ0) is 13.4. The lowest BCUT2D eigenvalue weighted by Gasteiger charge is -2.13. The Morgan fingerprint density at radius 2 is 1.74 bits per heavy atom. The second-order valence-electron chi connectivity index (χ2n) is 4.63. The molecule has 100 valence electrons. The summed E-state index contributed by atoms with van der Waals surface area (Å²) in [6, 6.07) is 3.56. The highest BCUT2D eigenvalue weighted by molar-refractivity contribution is 9.10. The van der Waals surface area contributed by atoms with E-state index in [0.717, 1.165) is 18.4 Å². The molecule has 2 heterocycles. The summed E-state index contributed by atoms with van der Waals surface area (Å²) in [5.74, 6) is 1.36. The summed E-state index contributed by atoms with van der Waals surface area (Å²) in [5, 5.41) is 0.879. The number of furan rings is 1. The highest BCUT2D eigenvalue weighted by atomic mass is 79.9. The van der Waals surface area contributed by atoms with Gasteiger partial charge in [-0.3, -0.25) is 0 Å². The lowest BCUT2D eigenvalue weighted by atomic mass is 10.0. The Morgan fingerprint density at radius 1 is 1.11 bits per heavy atom. The van der Waals surface area contributed by atoms with E-state index >= 15 is 0 Å². The number of hydrogen-bond donors (Lipinski definition) is 0. The van der Waals surface area contributed by atoms with Gasteiger partial charge in [0.15, 0.2) is 16.3 Å². The third-order valence-corrected chi connectivity index (χ3v) is 4.41. The molecule has 0 amide bonds. The molecule has 1 aliphatic carbocycles. The molecule has 2 aromatic rings. The Morgan fingerprint density at radius 3 is 2.26 bits per heavy atom. The van der Waals surface area contributed by atoms with Crippen molar-refractivity contribution in [3.05, 3.63) is 32.7 Å². The number of aromatic nitrogens is 2. The molecule has 3 nitrogen and oxygen atoms in total. The predicted octanol–water partition coefficient (Wildman–Crippen LogP) is 5.46. The van der Waals surface area contributed by atoms with Gasteiger partial charge in [-0.15, -0.1) is 0 Å². The third-order valence-electron chi connectivity index (χ3n) is 3.41. The summed E-state index contributed by atoms with van der Waals surface area (Å²) >= 11 is 15.8. The summed E-state index contributed by atoms with van der Waals surface area (Å²) < 4.78 is 6.04. The molecule has 0 saturated heterocycles. The zero-order valence-electron chi connectivity index (χ0n) is 10.00. The minimum absolute atomic E-state index is 0.386. The summed E-state index contributed by atoms with van der Waals surface area (Å²) in [7, 11) is 0. The predicted molar refractivity (Wildman–Crippen MR) is 78.7 cm³/mol. The van der Waals surface area contributed by atoms with Gasteiger partial charge in [-0.25, -0.2) is 9.97 Å². The van der Waals surface area contributed by atoms with Crippen LogP contribution in [0, 0.1) is 0 Å². The first-order valence-electron chi connectivity index (χ1n) is 6.14. The largest absolute Gasteiger partial charge is 0.446 e. The van der Waals surface area contributed by atoms with E-state index in [1.807, 2.05) is 0 Å². The third kappa shape index (κ3) is 2.67. The van der Waals surface area contributed by atoms with Crippen LogP contribution in [-0.2, 0) is 0 Å². The van der Waals surface area contributed by atoms with E-state index in [4.69, 9.17) is 27.6 Å². The molecule has 2 aromatic heterocycles. The monoisotopic (exact) mass is 360 g/mol. The van der Waals surface area contributed by atoms with Gasteiger partial charge in [0.05, 0.1) is 0 Å². The van der Waals surface area contributed by atoms with Crippen LogP contribution >= 0.6 is 39.1 Å². The van der Waals surface area contributed by atoms with Crippen molar-refractivity contribution in [2.24, 2.45) is 0 Å². The van der Waals surface area contributed by atoms with Gasteiger partial charge < -0.3 is 4.42 Å². The summed E-state index contributed by atoms with van der Waals surface area (Å²) in [5.41, 5.74) is 0.884. The zero-order valence-corrected chi connectivity index (χ0v) is 13.1. The highest BCUT2D eigenvalue weighted by Gasteiger charge is 2.25. The van der Waals surface area contributed by atoms with E-state index in [1.54, 1.807) is 12.1 Å². The maximum Gasteiger partial charge on any atom is 0.198 e. The molecule has 3 rings (SSSR count). The van der Waals surface area contributed by atoms with Crippen molar-refractivity contribution < 1.29 is 4.42 Å². The number of halogens is 3. The molecular formula is C13H11BrCl2N2O. The Hall–Kier alpha value is -0.580. The Labute approximate surface area is 129 Å². The molecule has 0 aromatic carbocycles. The van der Waals surface area contributed by atoms with Crippen LogP contribution in [0.1, 0.15) is 37.2 Å². The molecule has 0 radical (unpaired) electrons. The molecule has 19 heavy (non-hydrogen) atoms. The Bertz CT molecular complexity index is 585. The summed E-state index contributed by atoms with van der Waals surface area (Å²) in [4.78, 5) is 8.63. The molecule has 1 fully saturated rings. The molecule has 0 bridgehead atoms. The molecule has 0 spiro atoms. The number of hydrogen-bond acceptors (Lipinski definition) is 3. The average Bonchev–Trinajstić information content (AvgIpc) is 2.99. The van der Waals surface area contributed by atoms with Crippen LogP contribution in [-0.4, -0.2) is 9.97 Å². The van der Waals surface area contributed by atoms with E-state index < -0.39 is 0 Å². The first-order valence-corrected chi connectivity index (χ1v) is 7.68. The Kier molecular flexibility index (Phi) is 3.83. The van der Waals surface area contributed by atoms with E-state index in [-0.39, 0.29) is 0 Å². The maximum atomic E-state index is 6.28. The minimum atomic E-state index is 0.386. The van der Waals surface area contributed by atoms with Crippen molar-refractivity contribution in [2.75, 3.05) is 0 Å². The summed E-state index contributed by atoms with van der Waals surface area (Å²) in [6.07, 6.45) is 4.64. The standard InChI is InChI=1S/C13H11BrCl2N2O/c14-9-6-5-8(19-9)13-17-11(15)10(12(16)18-13)7-3-1-2-4-7/h5-7H,1-4H2. The van der Waals surface area contributed by atoms with Gasteiger partial charge in [-0.05, 0) is 46.8 Å². The topological polar surface area (TPSA) is 38.9 Å². The Balaban J connectivity index is 2.02. The highest BCUT2D eigenvalue weighted by Crippen LogP contribution is 2.40. The van der Waals surface area contributed by atoms with Gasteiger partial charge >= 0.3 is 0 Å². The van der Waals surface area contributed by atoms with Gasteiger partial charge in [0, 0.05) is 5.56 Å². The van der Waals surface area contributed by atoms with E-state index in [2.05, 4.69) is 25.9 Å². The van der Waals surface area contributed by atoms with E-state index in [9.17, 15) is 0 Å². The first kappa shape index (κ1) is 13.4. The minimum Gasteiger partial charge on any atom is -0.446 e. The van der Waals surface area contributed by atoms with Gasteiger partial charge in [0.2, 0.25) is 0 Å². The summed E-state index contributed by atoms with van der Waals surface area (Å²) in [6.45, 7) is 0. The van der Waals surface area contributed by atoms with Crippen LogP contribution in [0.3, 0.4) is 0 Å². The van der Waals surface area contributed by atoms with Crippen LogP contribution in [0.5, 0.6) is 0 Å². The van der Waals surface area contributed by atoms with Gasteiger partial charge in [0.1, 0.15) is 10.3 Å². The lowest BCUT2D eigenvalue weighted by Crippen LogP contribution is -2.01. The molecule has 0 N–H and O–H groups in total. The van der Waals surface area contributed by atoms with Gasteiger partial charge in [-0.2, -0.15) is 0 Å². The van der Waals surface area contributed by atoms with Crippen molar-refractivity contribution in [3.63, 3.8) is 0 Å². The van der Waals surface area contributed by atoms with Crippen molar-refractivity contribution in [1.82, 2.24) is 9.97 Å². The van der Waals surface area contributed by atoms with Crippen LogP contribution in [0.25, 0.3) is 11.6 Å². The fourth-order valence-corrected chi connectivity index (χ4v) is 3.52. The van der Waals surface area contributed by atoms with E-state index in [1.165, 1.54) is 12.8 Å². The fourth-order valence-electron chi connectivity index (χ4n) is 2.51. The normalized spacial score (nSPS) is 16.2. The van der Waals surface area contributed by atoms with Gasteiger partial charge in [-0.1, -0.05) is 36.0 Å². The quantitative estimate of drug-likeness (QED) is 0.666. The molecule has 1 saturated carbocycles. The lowest BCUT2D eigenvalue weighted by molar-refractivity contribution is 0.551. The van der Waals surface area contributed by atoms with Crippen molar-refractivity contribution in [1.29, 1.82) is 0 Å². The molecule has 0 aliphatic heterocycles. The van der Waals surface area contributed by atoms with Crippen LogP contribution < -0.4 is 0 Å². The molecular weight excluding hydrogens is 351 g/mol. The molecule has 1 aliphatic rings. The SMILES string of the molecule is Clc1nc(-c2ccc(Br)o2)nc(Cl)c1C1CCCC1. The smallest absolute Gasteiger partial charge is 0.198 e. The molecule has 0 atom stereocenters. The molecule has 6 heteroatoms. The van der Waals surface area contributed by atoms with Crippen molar-refractivity contribution in [2.45, 2.75) is 31.6 Å². The van der Waals surface area contributed by atoms with Crippen LogP contribution in [0.2, 0.25) is 10.3 Å². The fraction of sp³-hybridized carbons (Fsp3) is 0.385. The van der Waals surface area contributed by atoms with Gasteiger partial charge in [0.25, 0.3) is 0 Å². The number of rotatable bonds is 2. The van der Waals surface area contributed by atoms with Crippen molar-refractivity contribution >= 4 is 39.1 Å². The molecule has 0 unspecified atom stereocenters. The average molecular weight is 362 g/mol.